The number of nitriles is 2. The third kappa shape index (κ3) is 2.79. The summed E-state index contributed by atoms with van der Waals surface area (Å²) in [5.41, 5.74) is -0.990. The zero-order valence-electron chi connectivity index (χ0n) is 13.1. The summed E-state index contributed by atoms with van der Waals surface area (Å²) in [4.78, 5) is 23.7. The van der Waals surface area contributed by atoms with Gasteiger partial charge in [0.05, 0.1) is 34.6 Å². The average Bonchev–Trinajstić information content (AvgIpc) is 2.66. The van der Waals surface area contributed by atoms with E-state index in [9.17, 15) is 19.8 Å². The molecule has 4 N–H and O–H groups in total. The molecule has 0 atom stereocenters. The molecule has 8 nitrogen and oxygen atoms in total. The van der Waals surface area contributed by atoms with E-state index in [2.05, 4.69) is 10.6 Å². The summed E-state index contributed by atoms with van der Waals surface area (Å²) >= 11 is 0. The van der Waals surface area contributed by atoms with Gasteiger partial charge >= 0.3 is 0 Å². The second-order valence-corrected chi connectivity index (χ2v) is 5.35. The molecule has 0 saturated carbocycles. The maximum atomic E-state index is 11.8. The van der Waals surface area contributed by atoms with Gasteiger partial charge in [-0.2, -0.15) is 10.5 Å². The van der Waals surface area contributed by atoms with E-state index in [1.54, 1.807) is 0 Å². The van der Waals surface area contributed by atoms with Gasteiger partial charge in [-0.15, -0.1) is 0 Å². The maximum absolute atomic E-state index is 11.8. The Morgan fingerprint density at radius 3 is 1.42 bits per heavy atom. The van der Waals surface area contributed by atoms with Crippen molar-refractivity contribution in [1.82, 2.24) is 0 Å². The lowest BCUT2D eigenvalue weighted by atomic mass is 10.1. The lowest BCUT2D eigenvalue weighted by molar-refractivity contribution is 0.477. The first-order valence-electron chi connectivity index (χ1n) is 7.28. The number of hydrogen-bond donors (Lipinski definition) is 4. The van der Waals surface area contributed by atoms with Crippen LogP contribution in [0.1, 0.15) is 11.1 Å². The first-order chi connectivity index (χ1) is 12.4. The third-order valence-electron chi connectivity index (χ3n) is 3.68. The van der Waals surface area contributed by atoms with Crippen molar-refractivity contribution in [3.8, 4) is 23.6 Å². The number of anilines is 4. The van der Waals surface area contributed by atoms with Gasteiger partial charge in [0.25, 0.3) is 10.9 Å². The van der Waals surface area contributed by atoms with Gasteiger partial charge in [0, 0.05) is 0 Å². The molecule has 3 aromatic rings. The van der Waals surface area contributed by atoms with Crippen molar-refractivity contribution in [1.29, 1.82) is 10.5 Å². The molecule has 0 heterocycles. The second-order valence-electron chi connectivity index (χ2n) is 5.35. The van der Waals surface area contributed by atoms with Gasteiger partial charge < -0.3 is 20.8 Å². The van der Waals surface area contributed by atoms with Crippen LogP contribution in [0.2, 0.25) is 0 Å². The quantitative estimate of drug-likeness (QED) is 0.414. The average molecular weight is 346 g/mol. The van der Waals surface area contributed by atoms with Crippen molar-refractivity contribution in [2.45, 2.75) is 0 Å². The van der Waals surface area contributed by atoms with Crippen molar-refractivity contribution in [3.05, 3.63) is 68.0 Å². The van der Waals surface area contributed by atoms with E-state index in [4.69, 9.17) is 10.5 Å². The molecule has 0 fully saturated rings. The molecule has 0 aliphatic rings. The van der Waals surface area contributed by atoms with Crippen molar-refractivity contribution in [3.63, 3.8) is 0 Å². The molecular formula is C18H10N4O4. The van der Waals surface area contributed by atoms with Crippen LogP contribution in [0.5, 0.6) is 11.5 Å². The lowest BCUT2D eigenvalue weighted by Crippen LogP contribution is -2.35. The number of benzene rings is 2. The smallest absolute Gasteiger partial charge is 0.253 e. The zero-order valence-corrected chi connectivity index (χ0v) is 13.1. The molecule has 26 heavy (non-hydrogen) atoms. The van der Waals surface area contributed by atoms with Crippen LogP contribution in [0, 0.1) is 22.7 Å². The van der Waals surface area contributed by atoms with E-state index in [1.165, 1.54) is 36.4 Å². The predicted molar refractivity (Wildman–Crippen MR) is 93.6 cm³/mol. The molecule has 0 radical (unpaired) electrons. The second kappa shape index (κ2) is 6.30. The van der Waals surface area contributed by atoms with Crippen molar-refractivity contribution in [2.75, 3.05) is 10.6 Å². The van der Waals surface area contributed by atoms with Crippen molar-refractivity contribution in [2.24, 2.45) is 0 Å². The third-order valence-corrected chi connectivity index (χ3v) is 3.68. The number of nitrogens with one attached hydrogen (secondary N) is 2. The van der Waals surface area contributed by atoms with Crippen LogP contribution in [0.15, 0.2) is 46.0 Å². The SMILES string of the molecule is N#Cc1ccc(Nc2c(Nc3ccc(C#N)cc3O)c(=O)c2=O)c(O)c1. The van der Waals surface area contributed by atoms with E-state index >= 15 is 0 Å². The first kappa shape index (κ1) is 16.6. The molecule has 0 amide bonds. The van der Waals surface area contributed by atoms with Gasteiger partial charge in [0.1, 0.15) is 22.9 Å². The van der Waals surface area contributed by atoms with Crippen LogP contribution in [0.25, 0.3) is 0 Å². The van der Waals surface area contributed by atoms with E-state index in [1.807, 2.05) is 12.1 Å². The van der Waals surface area contributed by atoms with E-state index in [0.717, 1.165) is 0 Å². The van der Waals surface area contributed by atoms with Crippen LogP contribution in [0.4, 0.5) is 22.7 Å². The van der Waals surface area contributed by atoms with Crippen LogP contribution in [-0.2, 0) is 0 Å². The number of phenols is 2. The maximum Gasteiger partial charge on any atom is 0.253 e. The van der Waals surface area contributed by atoms with Gasteiger partial charge in [0.2, 0.25) is 0 Å². The van der Waals surface area contributed by atoms with E-state index < -0.39 is 10.9 Å². The number of aromatic hydroxyl groups is 2. The Kier molecular flexibility index (Phi) is 4.01. The normalized spacial score (nSPS) is 10.1. The largest absolute Gasteiger partial charge is 0.506 e. The number of rotatable bonds is 4. The summed E-state index contributed by atoms with van der Waals surface area (Å²) in [5, 5.41) is 42.7. The minimum absolute atomic E-state index is 0.0845. The summed E-state index contributed by atoms with van der Waals surface area (Å²) in [6, 6.07) is 11.8. The highest BCUT2D eigenvalue weighted by atomic mass is 16.3. The van der Waals surface area contributed by atoms with Gasteiger partial charge in [-0.05, 0) is 36.4 Å². The Hall–Kier alpha value is -4.30. The molecule has 3 rings (SSSR count). The fraction of sp³-hybridized carbons (Fsp3) is 0. The van der Waals surface area contributed by atoms with Crippen LogP contribution in [0.3, 0.4) is 0 Å². The molecule has 3 aromatic carbocycles. The highest BCUT2D eigenvalue weighted by Gasteiger charge is 2.23. The number of nitrogens with zero attached hydrogens (tertiary/aromatic N) is 2. The Morgan fingerprint density at radius 1 is 0.731 bits per heavy atom. The van der Waals surface area contributed by atoms with Gasteiger partial charge in [-0.3, -0.25) is 9.59 Å². The van der Waals surface area contributed by atoms with Crippen LogP contribution >= 0.6 is 0 Å². The molecule has 8 heteroatoms. The predicted octanol–water partition coefficient (Wildman–Crippen LogP) is 1.92. The molecule has 126 valence electrons. The van der Waals surface area contributed by atoms with Gasteiger partial charge in [-0.25, -0.2) is 0 Å². The Balaban J connectivity index is 1.92. The minimum atomic E-state index is -0.788. The molecule has 0 spiro atoms. The topological polar surface area (TPSA) is 146 Å². The van der Waals surface area contributed by atoms with Crippen molar-refractivity contribution < 1.29 is 10.2 Å². The first-order valence-corrected chi connectivity index (χ1v) is 7.28. The van der Waals surface area contributed by atoms with Gasteiger partial charge in [-0.1, -0.05) is 0 Å². The van der Waals surface area contributed by atoms with Gasteiger partial charge in [0.15, 0.2) is 0 Å². The molecule has 0 aliphatic heterocycles. The van der Waals surface area contributed by atoms with Crippen molar-refractivity contribution >= 4 is 22.7 Å². The number of phenolic OH excluding ortho intramolecular Hbond substituents is 2. The minimum Gasteiger partial charge on any atom is -0.506 e. The van der Waals surface area contributed by atoms with Crippen LogP contribution < -0.4 is 21.5 Å². The Labute approximate surface area is 146 Å². The standard InChI is InChI=1S/C18H10N4O4/c19-7-9-1-3-11(13(23)5-9)21-15-16(18(26)17(15)25)22-12-4-2-10(8-20)6-14(12)24/h1-6,21-24H. The Morgan fingerprint density at radius 2 is 1.12 bits per heavy atom. The molecule has 0 bridgehead atoms. The lowest BCUT2D eigenvalue weighted by Gasteiger charge is -2.16. The summed E-state index contributed by atoms with van der Waals surface area (Å²) in [5.74, 6) is -0.520. The van der Waals surface area contributed by atoms with Crippen LogP contribution in [-0.4, -0.2) is 10.2 Å². The molecule has 0 aromatic heterocycles. The Bertz CT molecular complexity index is 1080. The fourth-order valence-corrected chi connectivity index (χ4v) is 2.31. The molecule has 0 unspecified atom stereocenters. The summed E-state index contributed by atoms with van der Waals surface area (Å²) in [6.07, 6.45) is 0. The zero-order chi connectivity index (χ0) is 18.8. The summed E-state index contributed by atoms with van der Waals surface area (Å²) in [7, 11) is 0. The summed E-state index contributed by atoms with van der Waals surface area (Å²) in [6.45, 7) is 0. The molecular weight excluding hydrogens is 336 g/mol. The molecule has 0 aliphatic carbocycles. The monoisotopic (exact) mass is 346 g/mol. The number of hydrogen-bond acceptors (Lipinski definition) is 8. The molecule has 0 saturated heterocycles. The van der Waals surface area contributed by atoms with E-state index in [0.29, 0.717) is 0 Å². The highest BCUT2D eigenvalue weighted by Crippen LogP contribution is 2.32. The summed E-state index contributed by atoms with van der Waals surface area (Å²) < 4.78 is 0. The van der Waals surface area contributed by atoms with E-state index in [-0.39, 0.29) is 45.4 Å². The highest BCUT2D eigenvalue weighted by molar-refractivity contribution is 5.84. The fourth-order valence-electron chi connectivity index (χ4n) is 2.31.